The average molecular weight is 265 g/mol. The molecule has 1 aromatic rings. The number of benzene rings is 1. The Hall–Kier alpha value is -1.62. The van der Waals surface area contributed by atoms with E-state index < -0.39 is 0 Å². The molecule has 19 heavy (non-hydrogen) atoms. The predicted octanol–water partition coefficient (Wildman–Crippen LogP) is 3.05. The number of nitro benzene ring substituents is 1. The number of rotatable bonds is 8. The monoisotopic (exact) mass is 265 g/mol. The van der Waals surface area contributed by atoms with Crippen LogP contribution in [-0.2, 0) is 0 Å². The van der Waals surface area contributed by atoms with Gasteiger partial charge in [-0.15, -0.1) is 0 Å². The summed E-state index contributed by atoms with van der Waals surface area (Å²) in [6, 6.07) is 5.15. The molecule has 0 unspecified atom stereocenters. The number of nitrogens with one attached hydrogen (secondary N) is 1. The highest BCUT2D eigenvalue weighted by Crippen LogP contribution is 2.21. The second-order valence-electron chi connectivity index (χ2n) is 4.62. The van der Waals surface area contributed by atoms with E-state index in [1.54, 1.807) is 19.1 Å². The molecule has 106 valence electrons. The number of aryl methyl sites for hydroxylation is 1. The van der Waals surface area contributed by atoms with Crippen LogP contribution in [0.1, 0.15) is 25.8 Å². The molecule has 0 bridgehead atoms. The normalized spacial score (nSPS) is 10.7. The lowest BCUT2D eigenvalue weighted by Gasteiger charge is -2.19. The average Bonchev–Trinajstić information content (AvgIpc) is 2.37. The summed E-state index contributed by atoms with van der Waals surface area (Å²) in [5.41, 5.74) is 1.80. The van der Waals surface area contributed by atoms with Gasteiger partial charge in [-0.1, -0.05) is 13.8 Å². The molecule has 0 aromatic heterocycles. The van der Waals surface area contributed by atoms with Crippen LogP contribution in [-0.4, -0.2) is 36.0 Å². The van der Waals surface area contributed by atoms with Crippen molar-refractivity contribution < 1.29 is 4.92 Å². The Morgan fingerprint density at radius 3 is 2.58 bits per heavy atom. The summed E-state index contributed by atoms with van der Waals surface area (Å²) in [6.07, 6.45) is 1.16. The molecule has 0 saturated carbocycles. The SMILES string of the molecule is CCCN(CC)CCNc1ccc([N+](=O)[O-])c(C)c1. The molecule has 1 rings (SSSR count). The van der Waals surface area contributed by atoms with E-state index in [2.05, 4.69) is 24.1 Å². The molecule has 0 amide bonds. The first-order valence-electron chi connectivity index (χ1n) is 6.79. The molecular formula is C14H23N3O2. The molecule has 5 nitrogen and oxygen atoms in total. The molecule has 1 aromatic carbocycles. The Morgan fingerprint density at radius 2 is 2.05 bits per heavy atom. The minimum Gasteiger partial charge on any atom is -0.384 e. The van der Waals surface area contributed by atoms with E-state index in [-0.39, 0.29) is 10.6 Å². The van der Waals surface area contributed by atoms with E-state index >= 15 is 0 Å². The minimum absolute atomic E-state index is 0.173. The molecule has 0 fully saturated rings. The first-order chi connectivity index (χ1) is 9.08. The third-order valence-electron chi connectivity index (χ3n) is 3.14. The van der Waals surface area contributed by atoms with Crippen LogP contribution < -0.4 is 5.32 Å². The second kappa shape index (κ2) is 7.74. The number of hydrogen-bond acceptors (Lipinski definition) is 4. The van der Waals surface area contributed by atoms with Gasteiger partial charge in [-0.2, -0.15) is 0 Å². The topological polar surface area (TPSA) is 58.4 Å². The molecule has 0 heterocycles. The zero-order chi connectivity index (χ0) is 14.3. The zero-order valence-electron chi connectivity index (χ0n) is 12.0. The lowest BCUT2D eigenvalue weighted by Crippen LogP contribution is -2.29. The smallest absolute Gasteiger partial charge is 0.272 e. The van der Waals surface area contributed by atoms with Crippen molar-refractivity contribution in [2.45, 2.75) is 27.2 Å². The lowest BCUT2D eigenvalue weighted by atomic mass is 10.2. The molecule has 5 heteroatoms. The summed E-state index contributed by atoms with van der Waals surface area (Å²) >= 11 is 0. The number of likely N-dealkylation sites (N-methyl/N-ethyl adjacent to an activating group) is 1. The maximum atomic E-state index is 10.7. The van der Waals surface area contributed by atoms with Crippen molar-refractivity contribution in [3.8, 4) is 0 Å². The fourth-order valence-corrected chi connectivity index (χ4v) is 2.07. The number of nitrogens with zero attached hydrogens (tertiary/aromatic N) is 2. The van der Waals surface area contributed by atoms with E-state index in [4.69, 9.17) is 0 Å². The maximum Gasteiger partial charge on any atom is 0.272 e. The molecule has 0 aliphatic carbocycles. The van der Waals surface area contributed by atoms with Crippen LogP contribution in [0.25, 0.3) is 0 Å². The summed E-state index contributed by atoms with van der Waals surface area (Å²) in [4.78, 5) is 12.8. The van der Waals surface area contributed by atoms with Crippen LogP contribution in [0.3, 0.4) is 0 Å². The van der Waals surface area contributed by atoms with Gasteiger partial charge < -0.3 is 10.2 Å². The summed E-state index contributed by atoms with van der Waals surface area (Å²) in [5.74, 6) is 0. The van der Waals surface area contributed by atoms with Crippen molar-refractivity contribution in [1.29, 1.82) is 0 Å². The minimum atomic E-state index is -0.348. The molecule has 0 aliphatic heterocycles. The summed E-state index contributed by atoms with van der Waals surface area (Å²) < 4.78 is 0. The Kier molecular flexibility index (Phi) is 6.29. The Labute approximate surface area is 114 Å². The van der Waals surface area contributed by atoms with Gasteiger partial charge in [-0.25, -0.2) is 0 Å². The maximum absolute atomic E-state index is 10.7. The van der Waals surface area contributed by atoms with E-state index in [9.17, 15) is 10.1 Å². The second-order valence-corrected chi connectivity index (χ2v) is 4.62. The van der Waals surface area contributed by atoms with Crippen molar-refractivity contribution >= 4 is 11.4 Å². The van der Waals surface area contributed by atoms with E-state index in [0.717, 1.165) is 38.3 Å². The van der Waals surface area contributed by atoms with Crippen molar-refractivity contribution in [3.63, 3.8) is 0 Å². The van der Waals surface area contributed by atoms with E-state index in [0.29, 0.717) is 5.56 Å². The first kappa shape index (κ1) is 15.4. The Bertz CT molecular complexity index is 421. The van der Waals surface area contributed by atoms with Gasteiger partial charge in [0.15, 0.2) is 0 Å². The fraction of sp³-hybridized carbons (Fsp3) is 0.571. The van der Waals surface area contributed by atoms with Crippen molar-refractivity contribution in [2.75, 3.05) is 31.5 Å². The first-order valence-corrected chi connectivity index (χ1v) is 6.79. The molecule has 1 N–H and O–H groups in total. The largest absolute Gasteiger partial charge is 0.384 e. The third-order valence-corrected chi connectivity index (χ3v) is 3.14. The van der Waals surface area contributed by atoms with Gasteiger partial charge in [0.2, 0.25) is 0 Å². The van der Waals surface area contributed by atoms with Gasteiger partial charge in [0.1, 0.15) is 0 Å². The fourth-order valence-electron chi connectivity index (χ4n) is 2.07. The summed E-state index contributed by atoms with van der Waals surface area (Å²) in [7, 11) is 0. The van der Waals surface area contributed by atoms with Crippen LogP contribution >= 0.6 is 0 Å². The molecule has 0 radical (unpaired) electrons. The van der Waals surface area contributed by atoms with Crippen molar-refractivity contribution in [1.82, 2.24) is 4.90 Å². The Morgan fingerprint density at radius 1 is 1.32 bits per heavy atom. The zero-order valence-corrected chi connectivity index (χ0v) is 12.0. The third kappa shape index (κ3) is 4.87. The molecule has 0 atom stereocenters. The predicted molar refractivity (Wildman–Crippen MR) is 78.7 cm³/mol. The van der Waals surface area contributed by atoms with Gasteiger partial charge in [0, 0.05) is 30.4 Å². The van der Waals surface area contributed by atoms with Crippen molar-refractivity contribution in [3.05, 3.63) is 33.9 Å². The number of anilines is 1. The number of nitro groups is 1. The quantitative estimate of drug-likeness (QED) is 0.579. The van der Waals surface area contributed by atoms with Crippen LogP contribution in [0.2, 0.25) is 0 Å². The Balaban J connectivity index is 2.50. The molecule has 0 saturated heterocycles. The highest BCUT2D eigenvalue weighted by atomic mass is 16.6. The summed E-state index contributed by atoms with van der Waals surface area (Å²) in [6.45, 7) is 10.1. The number of hydrogen-bond donors (Lipinski definition) is 1. The van der Waals surface area contributed by atoms with Crippen molar-refractivity contribution in [2.24, 2.45) is 0 Å². The van der Waals surface area contributed by atoms with Gasteiger partial charge in [-0.3, -0.25) is 10.1 Å². The van der Waals surface area contributed by atoms with Gasteiger partial charge >= 0.3 is 0 Å². The van der Waals surface area contributed by atoms with Crippen LogP contribution in [0, 0.1) is 17.0 Å². The summed E-state index contributed by atoms with van der Waals surface area (Å²) in [5, 5.41) is 14.0. The van der Waals surface area contributed by atoms with Crippen LogP contribution in [0.15, 0.2) is 18.2 Å². The lowest BCUT2D eigenvalue weighted by molar-refractivity contribution is -0.385. The molecule has 0 spiro atoms. The van der Waals surface area contributed by atoms with Gasteiger partial charge in [0.05, 0.1) is 4.92 Å². The van der Waals surface area contributed by atoms with E-state index in [1.165, 1.54) is 0 Å². The standard InChI is InChI=1S/C14H23N3O2/c1-4-9-16(5-2)10-8-15-13-6-7-14(17(18)19)12(3)11-13/h6-7,11,15H,4-5,8-10H2,1-3H3. The van der Waals surface area contributed by atoms with Gasteiger partial charge in [-0.05, 0) is 38.6 Å². The highest BCUT2D eigenvalue weighted by molar-refractivity contribution is 5.53. The van der Waals surface area contributed by atoms with Gasteiger partial charge in [0.25, 0.3) is 5.69 Å². The van der Waals surface area contributed by atoms with E-state index in [1.807, 2.05) is 6.07 Å². The van der Waals surface area contributed by atoms with Crippen LogP contribution in [0.5, 0.6) is 0 Å². The highest BCUT2D eigenvalue weighted by Gasteiger charge is 2.09. The molecular weight excluding hydrogens is 242 g/mol. The van der Waals surface area contributed by atoms with Crippen LogP contribution in [0.4, 0.5) is 11.4 Å². The molecule has 0 aliphatic rings.